The van der Waals surface area contributed by atoms with Crippen molar-refractivity contribution in [3.8, 4) is 0 Å². The Morgan fingerprint density at radius 3 is 2.86 bits per heavy atom. The highest BCUT2D eigenvalue weighted by Gasteiger charge is 2.34. The van der Waals surface area contributed by atoms with Gasteiger partial charge in [-0.15, -0.1) is 0 Å². The summed E-state index contributed by atoms with van der Waals surface area (Å²) in [6.45, 7) is 4.35. The fraction of sp³-hybridized carbons (Fsp3) is 0.545. The minimum atomic E-state index is -0.249. The molecule has 0 spiro atoms. The van der Waals surface area contributed by atoms with Crippen LogP contribution >= 0.6 is 0 Å². The number of rotatable bonds is 2. The second-order valence-electron chi connectivity index (χ2n) is 4.64. The molecule has 2 nitrogen and oxygen atoms in total. The van der Waals surface area contributed by atoms with Gasteiger partial charge in [0.25, 0.3) is 0 Å². The van der Waals surface area contributed by atoms with Crippen LogP contribution in [0.4, 0.5) is 4.39 Å². The Labute approximate surface area is 83.6 Å². The molecule has 0 aliphatic carbocycles. The number of hydrogen-bond donors (Lipinski definition) is 1. The van der Waals surface area contributed by atoms with Crippen LogP contribution in [-0.4, -0.2) is 16.6 Å². The number of hydrogen-bond acceptors (Lipinski definition) is 2. The maximum absolute atomic E-state index is 12.8. The molecule has 1 aromatic heterocycles. The molecular weight excluding hydrogens is 179 g/mol. The van der Waals surface area contributed by atoms with Gasteiger partial charge in [-0.25, -0.2) is 4.39 Å². The lowest BCUT2D eigenvalue weighted by molar-refractivity contribution is 0.175. The molecule has 1 saturated heterocycles. The molecule has 1 atom stereocenters. The van der Waals surface area contributed by atoms with Crippen LogP contribution in [0.25, 0.3) is 0 Å². The van der Waals surface area contributed by atoms with Crippen LogP contribution in [0.5, 0.6) is 0 Å². The van der Waals surface area contributed by atoms with Crippen molar-refractivity contribution in [2.24, 2.45) is 0 Å². The summed E-state index contributed by atoms with van der Waals surface area (Å²) in [5, 5.41) is 3.44. The smallest absolute Gasteiger partial charge is 0.141 e. The predicted molar refractivity (Wildman–Crippen MR) is 53.5 cm³/mol. The number of halogens is 1. The molecule has 1 aromatic rings. The number of pyridine rings is 1. The van der Waals surface area contributed by atoms with Gasteiger partial charge in [0.15, 0.2) is 0 Å². The SMILES string of the molecule is CC1(C)C[C@H](Cc2cncc(F)c2)N1. The van der Waals surface area contributed by atoms with Crippen LogP contribution in [0.2, 0.25) is 0 Å². The molecule has 3 heteroatoms. The molecule has 0 aromatic carbocycles. The number of nitrogens with zero attached hydrogens (tertiary/aromatic N) is 1. The Hall–Kier alpha value is -0.960. The Bertz CT molecular complexity index is 328. The second-order valence-corrected chi connectivity index (χ2v) is 4.64. The van der Waals surface area contributed by atoms with E-state index in [1.165, 1.54) is 6.20 Å². The van der Waals surface area contributed by atoms with E-state index in [0.717, 1.165) is 18.4 Å². The van der Waals surface area contributed by atoms with Crippen LogP contribution in [0.3, 0.4) is 0 Å². The van der Waals surface area contributed by atoms with Crippen molar-refractivity contribution in [3.05, 3.63) is 29.8 Å². The largest absolute Gasteiger partial charge is 0.309 e. The molecule has 2 heterocycles. The van der Waals surface area contributed by atoms with Crippen LogP contribution in [0.15, 0.2) is 18.5 Å². The van der Waals surface area contributed by atoms with E-state index in [1.54, 1.807) is 12.3 Å². The third kappa shape index (κ3) is 2.10. The van der Waals surface area contributed by atoms with Gasteiger partial charge in [0.05, 0.1) is 6.20 Å². The van der Waals surface area contributed by atoms with E-state index in [-0.39, 0.29) is 11.4 Å². The molecule has 1 aliphatic rings. The molecular formula is C11H15FN2. The number of aromatic nitrogens is 1. The Morgan fingerprint density at radius 2 is 2.29 bits per heavy atom. The Kier molecular flexibility index (Phi) is 2.27. The first-order valence-corrected chi connectivity index (χ1v) is 4.92. The van der Waals surface area contributed by atoms with Gasteiger partial charge in [-0.1, -0.05) is 0 Å². The summed E-state index contributed by atoms with van der Waals surface area (Å²) in [5.41, 5.74) is 1.23. The van der Waals surface area contributed by atoms with Gasteiger partial charge in [0.1, 0.15) is 5.82 Å². The van der Waals surface area contributed by atoms with E-state index < -0.39 is 0 Å². The average Bonchev–Trinajstić information content (AvgIpc) is 2.00. The fourth-order valence-electron chi connectivity index (χ4n) is 2.12. The molecule has 0 radical (unpaired) electrons. The molecule has 1 fully saturated rings. The topological polar surface area (TPSA) is 24.9 Å². The second kappa shape index (κ2) is 3.31. The van der Waals surface area contributed by atoms with Gasteiger partial charge >= 0.3 is 0 Å². The van der Waals surface area contributed by atoms with E-state index in [2.05, 4.69) is 24.1 Å². The van der Waals surface area contributed by atoms with Crippen molar-refractivity contribution in [1.29, 1.82) is 0 Å². The normalized spacial score (nSPS) is 24.4. The van der Waals surface area contributed by atoms with Gasteiger partial charge in [0, 0.05) is 17.8 Å². The van der Waals surface area contributed by atoms with Gasteiger partial charge in [0.2, 0.25) is 0 Å². The molecule has 2 rings (SSSR count). The third-order valence-electron chi connectivity index (χ3n) is 2.60. The summed E-state index contributed by atoms with van der Waals surface area (Å²) >= 11 is 0. The van der Waals surface area contributed by atoms with Gasteiger partial charge in [-0.2, -0.15) is 0 Å². The van der Waals surface area contributed by atoms with E-state index in [0.29, 0.717) is 6.04 Å². The zero-order chi connectivity index (χ0) is 10.2. The molecule has 14 heavy (non-hydrogen) atoms. The average molecular weight is 194 g/mol. The summed E-state index contributed by atoms with van der Waals surface area (Å²) in [4.78, 5) is 3.83. The fourth-order valence-corrected chi connectivity index (χ4v) is 2.12. The van der Waals surface area contributed by atoms with Gasteiger partial charge in [-0.3, -0.25) is 4.98 Å². The van der Waals surface area contributed by atoms with Crippen LogP contribution < -0.4 is 5.32 Å². The highest BCUT2D eigenvalue weighted by Crippen LogP contribution is 2.25. The molecule has 0 saturated carbocycles. The van der Waals surface area contributed by atoms with Gasteiger partial charge < -0.3 is 5.32 Å². The van der Waals surface area contributed by atoms with Crippen molar-refractivity contribution in [2.45, 2.75) is 38.3 Å². The molecule has 76 valence electrons. The van der Waals surface area contributed by atoms with Crippen LogP contribution in [0.1, 0.15) is 25.8 Å². The monoisotopic (exact) mass is 194 g/mol. The lowest BCUT2D eigenvalue weighted by Crippen LogP contribution is -2.60. The van der Waals surface area contributed by atoms with Crippen molar-refractivity contribution < 1.29 is 4.39 Å². The summed E-state index contributed by atoms with van der Waals surface area (Å²) in [6.07, 6.45) is 4.98. The first-order valence-electron chi connectivity index (χ1n) is 4.92. The maximum Gasteiger partial charge on any atom is 0.141 e. The quantitative estimate of drug-likeness (QED) is 0.777. The first-order chi connectivity index (χ1) is 6.55. The molecule has 0 bridgehead atoms. The van der Waals surface area contributed by atoms with Crippen molar-refractivity contribution in [1.82, 2.24) is 10.3 Å². The van der Waals surface area contributed by atoms with E-state index in [9.17, 15) is 4.39 Å². The van der Waals surface area contributed by atoms with Crippen molar-refractivity contribution in [3.63, 3.8) is 0 Å². The van der Waals surface area contributed by atoms with Crippen LogP contribution in [-0.2, 0) is 6.42 Å². The zero-order valence-electron chi connectivity index (χ0n) is 8.55. The maximum atomic E-state index is 12.8. The minimum Gasteiger partial charge on any atom is -0.309 e. The zero-order valence-corrected chi connectivity index (χ0v) is 8.55. The highest BCUT2D eigenvalue weighted by molar-refractivity contribution is 5.14. The van der Waals surface area contributed by atoms with E-state index in [1.807, 2.05) is 0 Å². The molecule has 1 N–H and O–H groups in total. The standard InChI is InChI=1S/C11H15FN2/c1-11(2)5-10(14-11)4-8-3-9(12)7-13-6-8/h3,6-7,10,14H,4-5H2,1-2H3/t10-/m0/s1. The predicted octanol–water partition coefficient (Wildman–Crippen LogP) is 1.90. The molecule has 1 aliphatic heterocycles. The van der Waals surface area contributed by atoms with Gasteiger partial charge in [-0.05, 0) is 38.3 Å². The Morgan fingerprint density at radius 1 is 1.57 bits per heavy atom. The van der Waals surface area contributed by atoms with Crippen molar-refractivity contribution >= 4 is 0 Å². The summed E-state index contributed by atoms with van der Waals surface area (Å²) in [7, 11) is 0. The first kappa shape index (κ1) is 9.59. The summed E-state index contributed by atoms with van der Waals surface area (Å²) in [5.74, 6) is -0.249. The number of nitrogens with one attached hydrogen (secondary N) is 1. The Balaban J connectivity index is 1.93. The van der Waals surface area contributed by atoms with Crippen LogP contribution in [0, 0.1) is 5.82 Å². The highest BCUT2D eigenvalue weighted by atomic mass is 19.1. The van der Waals surface area contributed by atoms with Crippen molar-refractivity contribution in [2.75, 3.05) is 0 Å². The molecule has 0 unspecified atom stereocenters. The summed E-state index contributed by atoms with van der Waals surface area (Å²) in [6, 6.07) is 2.04. The van der Waals surface area contributed by atoms with E-state index >= 15 is 0 Å². The third-order valence-corrected chi connectivity index (χ3v) is 2.60. The minimum absolute atomic E-state index is 0.249. The lowest BCUT2D eigenvalue weighted by atomic mass is 9.82. The lowest BCUT2D eigenvalue weighted by Gasteiger charge is -2.44. The van der Waals surface area contributed by atoms with E-state index in [4.69, 9.17) is 0 Å². The molecule has 0 amide bonds. The summed E-state index contributed by atoms with van der Waals surface area (Å²) < 4.78 is 12.8.